The molecule has 154 valence electrons. The quantitative estimate of drug-likeness (QED) is 0.713. The van der Waals surface area contributed by atoms with E-state index in [1.54, 1.807) is 18.2 Å². The first-order chi connectivity index (χ1) is 12.2. The van der Waals surface area contributed by atoms with Crippen molar-refractivity contribution in [2.24, 2.45) is 11.7 Å². The van der Waals surface area contributed by atoms with E-state index in [2.05, 4.69) is 19.2 Å². The summed E-state index contributed by atoms with van der Waals surface area (Å²) in [5, 5.41) is 2.98. The Bertz CT molecular complexity index is 733. The molecule has 2 rings (SSSR count). The average molecular weight is 418 g/mol. The summed E-state index contributed by atoms with van der Waals surface area (Å²) in [5.74, 6) is 0.0870. The molecule has 0 aliphatic carbocycles. The molecule has 1 aromatic carbocycles. The van der Waals surface area contributed by atoms with Crippen molar-refractivity contribution in [1.29, 1.82) is 0 Å². The van der Waals surface area contributed by atoms with E-state index < -0.39 is 15.6 Å². The topological polar surface area (TPSA) is 92.5 Å². The number of hydrogen-bond donors (Lipinski definition) is 2. The van der Waals surface area contributed by atoms with Crippen LogP contribution in [-0.2, 0) is 10.0 Å². The van der Waals surface area contributed by atoms with Gasteiger partial charge in [-0.3, -0.25) is 4.79 Å². The molecule has 6 nitrogen and oxygen atoms in total. The van der Waals surface area contributed by atoms with Crippen molar-refractivity contribution in [1.82, 2.24) is 9.62 Å². The first kappa shape index (κ1) is 23.9. The maximum atomic E-state index is 12.8. The van der Waals surface area contributed by atoms with Crippen LogP contribution in [0.3, 0.4) is 0 Å². The Morgan fingerprint density at radius 2 is 1.89 bits per heavy atom. The fourth-order valence-electron chi connectivity index (χ4n) is 3.48. The van der Waals surface area contributed by atoms with E-state index >= 15 is 0 Å². The number of nitrogens with two attached hydrogens (primary N) is 1. The minimum atomic E-state index is -3.56. The second kappa shape index (κ2) is 9.87. The summed E-state index contributed by atoms with van der Waals surface area (Å²) in [6.45, 7) is 7.47. The Labute approximate surface area is 169 Å². The first-order valence-corrected chi connectivity index (χ1v) is 10.7. The summed E-state index contributed by atoms with van der Waals surface area (Å²) in [4.78, 5) is 12.9. The van der Waals surface area contributed by atoms with E-state index in [0.717, 1.165) is 25.7 Å². The molecular formula is C19H32ClN3O3S. The summed E-state index contributed by atoms with van der Waals surface area (Å²) >= 11 is 0. The van der Waals surface area contributed by atoms with E-state index in [0.29, 0.717) is 31.1 Å². The highest BCUT2D eigenvalue weighted by Crippen LogP contribution is 2.22. The first-order valence-electron chi connectivity index (χ1n) is 9.31. The number of halogens is 1. The fraction of sp³-hybridized carbons (Fsp3) is 0.632. The van der Waals surface area contributed by atoms with Gasteiger partial charge in [-0.2, -0.15) is 4.31 Å². The molecule has 3 N–H and O–H groups in total. The third-order valence-corrected chi connectivity index (χ3v) is 6.67. The maximum absolute atomic E-state index is 12.8. The fourth-order valence-corrected chi connectivity index (χ4v) is 5.05. The van der Waals surface area contributed by atoms with Gasteiger partial charge in [0.25, 0.3) is 5.91 Å². The van der Waals surface area contributed by atoms with Crippen LogP contribution in [0.25, 0.3) is 0 Å². The van der Waals surface area contributed by atoms with E-state index in [9.17, 15) is 13.2 Å². The highest BCUT2D eigenvalue weighted by atomic mass is 35.5. The lowest BCUT2D eigenvalue weighted by Gasteiger charge is -2.31. The van der Waals surface area contributed by atoms with Gasteiger partial charge in [0.15, 0.2) is 0 Å². The number of sulfonamides is 1. The molecule has 8 heteroatoms. The number of carbonyl (C=O) groups excluding carboxylic acids is 1. The molecule has 0 bridgehead atoms. The van der Waals surface area contributed by atoms with Crippen LogP contribution in [0.1, 0.15) is 56.8 Å². The van der Waals surface area contributed by atoms with Crippen LogP contribution < -0.4 is 11.1 Å². The molecule has 1 atom stereocenters. The lowest BCUT2D eigenvalue weighted by Crippen LogP contribution is -2.52. The Morgan fingerprint density at radius 3 is 2.44 bits per heavy atom. The molecule has 1 heterocycles. The van der Waals surface area contributed by atoms with Crippen LogP contribution in [0.5, 0.6) is 0 Å². The summed E-state index contributed by atoms with van der Waals surface area (Å²) in [6.07, 6.45) is 3.57. The van der Waals surface area contributed by atoms with Crippen molar-refractivity contribution < 1.29 is 13.2 Å². The van der Waals surface area contributed by atoms with Crippen LogP contribution in [0.4, 0.5) is 0 Å². The summed E-state index contributed by atoms with van der Waals surface area (Å²) in [5.41, 5.74) is 5.68. The Morgan fingerprint density at radius 1 is 1.26 bits per heavy atom. The Balaban J connectivity index is 0.00000364. The van der Waals surface area contributed by atoms with Crippen LogP contribution in [-0.4, -0.2) is 43.8 Å². The summed E-state index contributed by atoms with van der Waals surface area (Å²) < 4.78 is 27.2. The third-order valence-electron chi connectivity index (χ3n) is 4.77. The van der Waals surface area contributed by atoms with Gasteiger partial charge in [0.05, 0.1) is 4.90 Å². The van der Waals surface area contributed by atoms with Gasteiger partial charge in [0, 0.05) is 30.7 Å². The molecular weight excluding hydrogens is 386 g/mol. The van der Waals surface area contributed by atoms with Gasteiger partial charge in [0.1, 0.15) is 0 Å². The van der Waals surface area contributed by atoms with Crippen LogP contribution in [0.15, 0.2) is 29.2 Å². The van der Waals surface area contributed by atoms with Crippen LogP contribution in [0.2, 0.25) is 0 Å². The van der Waals surface area contributed by atoms with Gasteiger partial charge >= 0.3 is 0 Å². The van der Waals surface area contributed by atoms with Gasteiger partial charge in [-0.05, 0) is 50.3 Å². The molecule has 1 aromatic rings. The van der Waals surface area contributed by atoms with E-state index in [-0.39, 0.29) is 23.2 Å². The van der Waals surface area contributed by atoms with Crippen molar-refractivity contribution in [3.63, 3.8) is 0 Å². The molecule has 1 aliphatic rings. The zero-order valence-electron chi connectivity index (χ0n) is 16.4. The van der Waals surface area contributed by atoms with Crippen molar-refractivity contribution in [2.45, 2.75) is 56.9 Å². The molecule has 1 unspecified atom stereocenters. The highest BCUT2D eigenvalue weighted by molar-refractivity contribution is 7.89. The van der Waals surface area contributed by atoms with Gasteiger partial charge < -0.3 is 11.1 Å². The minimum Gasteiger partial charge on any atom is -0.346 e. The number of piperidine rings is 1. The molecule has 0 saturated carbocycles. The number of carbonyl (C=O) groups is 1. The van der Waals surface area contributed by atoms with Crippen molar-refractivity contribution in [3.05, 3.63) is 29.8 Å². The van der Waals surface area contributed by atoms with Crippen LogP contribution >= 0.6 is 12.4 Å². The average Bonchev–Trinajstić information content (AvgIpc) is 2.62. The smallest absolute Gasteiger partial charge is 0.251 e. The number of benzene rings is 1. The lowest BCUT2D eigenvalue weighted by atomic mass is 9.90. The maximum Gasteiger partial charge on any atom is 0.251 e. The number of nitrogens with zero attached hydrogens (tertiary/aromatic N) is 1. The SMILES string of the molecule is CC(C)CC(C)(CN)NC(=O)c1cccc(S(=O)(=O)N2CCCCC2)c1.Cl. The number of hydrogen-bond acceptors (Lipinski definition) is 4. The molecule has 0 spiro atoms. The molecule has 0 aromatic heterocycles. The van der Waals surface area contributed by atoms with E-state index in [1.807, 2.05) is 6.92 Å². The van der Waals surface area contributed by atoms with E-state index in [4.69, 9.17) is 5.73 Å². The largest absolute Gasteiger partial charge is 0.346 e. The third kappa shape index (κ3) is 6.17. The number of rotatable bonds is 7. The Kier molecular flexibility index (Phi) is 8.73. The van der Waals surface area contributed by atoms with Gasteiger partial charge in [-0.25, -0.2) is 8.42 Å². The zero-order valence-corrected chi connectivity index (χ0v) is 18.0. The van der Waals surface area contributed by atoms with Crippen molar-refractivity contribution in [3.8, 4) is 0 Å². The monoisotopic (exact) mass is 417 g/mol. The van der Waals surface area contributed by atoms with Gasteiger partial charge in [-0.15, -0.1) is 12.4 Å². The predicted octanol–water partition coefficient (Wildman–Crippen LogP) is 2.78. The Hall–Kier alpha value is -1.15. The molecule has 1 aliphatic heterocycles. The molecule has 1 fully saturated rings. The van der Waals surface area contributed by atoms with Crippen molar-refractivity contribution >= 4 is 28.3 Å². The lowest BCUT2D eigenvalue weighted by molar-refractivity contribution is 0.0898. The summed E-state index contributed by atoms with van der Waals surface area (Å²) in [6, 6.07) is 6.27. The molecule has 1 amide bonds. The molecule has 1 saturated heterocycles. The molecule has 0 radical (unpaired) electrons. The normalized spacial score (nSPS) is 17.8. The van der Waals surface area contributed by atoms with Gasteiger partial charge in [-0.1, -0.05) is 26.3 Å². The molecule has 27 heavy (non-hydrogen) atoms. The van der Waals surface area contributed by atoms with Crippen molar-refractivity contribution in [2.75, 3.05) is 19.6 Å². The number of nitrogens with one attached hydrogen (secondary N) is 1. The van der Waals surface area contributed by atoms with Crippen LogP contribution in [0, 0.1) is 5.92 Å². The zero-order chi connectivity index (χ0) is 19.4. The van der Waals surface area contributed by atoms with E-state index in [1.165, 1.54) is 10.4 Å². The summed E-state index contributed by atoms with van der Waals surface area (Å²) in [7, 11) is -3.56. The minimum absolute atomic E-state index is 0. The number of amides is 1. The second-order valence-electron chi connectivity index (χ2n) is 7.81. The highest BCUT2D eigenvalue weighted by Gasteiger charge is 2.29. The standard InChI is InChI=1S/C19H31N3O3S.ClH/c1-15(2)13-19(3,14-20)21-18(23)16-8-7-9-17(12-16)26(24,25)22-10-5-4-6-11-22;/h7-9,12,15H,4-6,10-11,13-14,20H2,1-3H3,(H,21,23);1H. The van der Waals surface area contributed by atoms with Gasteiger partial charge in [0.2, 0.25) is 10.0 Å². The second-order valence-corrected chi connectivity index (χ2v) is 9.75. The predicted molar refractivity (Wildman–Crippen MR) is 111 cm³/mol.